The second-order valence-electron chi connectivity index (χ2n) is 9.44. The van der Waals surface area contributed by atoms with Crippen LogP contribution in [0.15, 0.2) is 66.7 Å². The third-order valence-corrected chi connectivity index (χ3v) is 7.30. The van der Waals surface area contributed by atoms with Gasteiger partial charge in [-0.1, -0.05) is 53.5 Å². The number of β-amino-alcohol motifs (C(OH)–C–C–N with tert-alkyl or cyclic N) is 1. The molecule has 0 amide bonds. The summed E-state index contributed by atoms with van der Waals surface area (Å²) in [6, 6.07) is 23.3. The average molecular weight is 524 g/mol. The van der Waals surface area contributed by atoms with Gasteiger partial charge in [0.2, 0.25) is 0 Å². The highest BCUT2D eigenvalue weighted by Gasteiger charge is 2.30. The van der Waals surface area contributed by atoms with Gasteiger partial charge in [0.1, 0.15) is 0 Å². The van der Waals surface area contributed by atoms with Gasteiger partial charge in [-0.05, 0) is 72.9 Å². The van der Waals surface area contributed by atoms with Gasteiger partial charge >= 0.3 is 0 Å². The molecule has 3 aromatic rings. The molecule has 1 aliphatic rings. The van der Waals surface area contributed by atoms with Gasteiger partial charge < -0.3 is 15.1 Å². The van der Waals surface area contributed by atoms with Gasteiger partial charge in [0.25, 0.3) is 0 Å². The van der Waals surface area contributed by atoms with Crippen LogP contribution in [-0.2, 0) is 6.42 Å². The second kappa shape index (κ2) is 12.1. The Bertz CT molecular complexity index is 1190. The van der Waals surface area contributed by atoms with Gasteiger partial charge in [-0.2, -0.15) is 5.26 Å². The quantitative estimate of drug-likeness (QED) is 0.391. The number of benzene rings is 3. The summed E-state index contributed by atoms with van der Waals surface area (Å²) in [5.74, 6) is 0. The van der Waals surface area contributed by atoms with E-state index in [1.165, 1.54) is 0 Å². The Morgan fingerprint density at radius 1 is 1.00 bits per heavy atom. The number of aryl methyl sites for hydroxylation is 1. The van der Waals surface area contributed by atoms with Gasteiger partial charge in [0.15, 0.2) is 0 Å². The molecule has 3 aromatic carbocycles. The van der Waals surface area contributed by atoms with Crippen LogP contribution in [0.1, 0.15) is 47.7 Å². The van der Waals surface area contributed by atoms with Crippen LogP contribution in [-0.4, -0.2) is 47.4 Å². The fraction of sp³-hybridized carbons (Fsp3) is 0.345. The number of nitriles is 1. The Morgan fingerprint density at radius 3 is 2.36 bits per heavy atom. The van der Waals surface area contributed by atoms with Gasteiger partial charge in [-0.25, -0.2) is 0 Å². The Balaban J connectivity index is 1.54. The van der Waals surface area contributed by atoms with Gasteiger partial charge in [-0.3, -0.25) is 4.90 Å². The van der Waals surface area contributed by atoms with Crippen LogP contribution in [0.3, 0.4) is 0 Å². The van der Waals surface area contributed by atoms with Crippen molar-refractivity contribution in [1.29, 1.82) is 5.26 Å². The van der Waals surface area contributed by atoms with Crippen LogP contribution in [0.25, 0.3) is 0 Å². The molecule has 7 heteroatoms. The van der Waals surface area contributed by atoms with E-state index in [4.69, 9.17) is 28.5 Å². The van der Waals surface area contributed by atoms with Crippen molar-refractivity contribution in [2.75, 3.05) is 31.1 Å². The fourth-order valence-electron chi connectivity index (χ4n) is 4.71. The summed E-state index contributed by atoms with van der Waals surface area (Å²) in [7, 11) is 0. The van der Waals surface area contributed by atoms with Crippen molar-refractivity contribution in [2.24, 2.45) is 0 Å². The van der Waals surface area contributed by atoms with E-state index < -0.39 is 6.10 Å². The average Bonchev–Trinajstić information content (AvgIpc) is 2.88. The van der Waals surface area contributed by atoms with Gasteiger partial charge in [0.05, 0.1) is 40.6 Å². The molecule has 36 heavy (non-hydrogen) atoms. The second-order valence-corrected chi connectivity index (χ2v) is 10.3. The van der Waals surface area contributed by atoms with E-state index in [1.54, 1.807) is 19.1 Å². The van der Waals surface area contributed by atoms with E-state index in [0.29, 0.717) is 28.6 Å². The first kappa shape index (κ1) is 26.5. The number of nitrogens with zero attached hydrogens (tertiary/aromatic N) is 3. The number of hydrogen-bond acceptors (Lipinski definition) is 5. The molecule has 2 N–H and O–H groups in total. The molecule has 1 aliphatic heterocycles. The molecule has 1 heterocycles. The number of piperazine rings is 1. The van der Waals surface area contributed by atoms with Crippen LogP contribution in [0.2, 0.25) is 10.0 Å². The SMILES string of the molecule is C[C@@H](O)CCc1ccc(N2CCN(C[C@@H](O)c3ccc(C#N)cc3)C[C@H]2c2ccc(Cl)cc2)c(Cl)c1. The molecule has 0 spiro atoms. The topological polar surface area (TPSA) is 70.7 Å². The largest absolute Gasteiger partial charge is 0.393 e. The molecule has 0 radical (unpaired) electrons. The van der Waals surface area contributed by atoms with Crippen molar-refractivity contribution in [1.82, 2.24) is 4.90 Å². The standard InChI is InChI=1S/C29H31Cl2N3O2/c1-20(35)2-3-21-6-13-27(26(31)16-21)34-15-14-33(18-28(34)23-9-11-25(30)12-10-23)19-29(36)24-7-4-22(17-32)5-8-24/h4-13,16,20,28-29,35-36H,2-3,14-15,18-19H2,1H3/t20-,28+,29-/m1/s1. The fourth-order valence-corrected chi connectivity index (χ4v) is 5.15. The summed E-state index contributed by atoms with van der Waals surface area (Å²) < 4.78 is 0. The maximum atomic E-state index is 10.9. The monoisotopic (exact) mass is 523 g/mol. The Labute approximate surface area is 223 Å². The lowest BCUT2D eigenvalue weighted by Gasteiger charge is -2.44. The number of hydrogen-bond donors (Lipinski definition) is 2. The first-order valence-corrected chi connectivity index (χ1v) is 13.0. The van der Waals surface area contributed by atoms with Crippen LogP contribution in [0.5, 0.6) is 0 Å². The predicted molar refractivity (Wildman–Crippen MR) is 146 cm³/mol. The van der Waals surface area contributed by atoms with Crippen molar-refractivity contribution >= 4 is 28.9 Å². The zero-order chi connectivity index (χ0) is 25.7. The van der Waals surface area contributed by atoms with E-state index in [-0.39, 0.29) is 12.1 Å². The van der Waals surface area contributed by atoms with Crippen molar-refractivity contribution in [2.45, 2.75) is 38.0 Å². The maximum Gasteiger partial charge on any atom is 0.0991 e. The lowest BCUT2D eigenvalue weighted by molar-refractivity contribution is 0.100. The third-order valence-electron chi connectivity index (χ3n) is 6.75. The smallest absolute Gasteiger partial charge is 0.0991 e. The zero-order valence-electron chi connectivity index (χ0n) is 20.3. The summed E-state index contributed by atoms with van der Waals surface area (Å²) in [5.41, 5.74) is 4.60. The molecule has 0 saturated carbocycles. The van der Waals surface area contributed by atoms with E-state index in [9.17, 15) is 10.2 Å². The highest BCUT2D eigenvalue weighted by atomic mass is 35.5. The van der Waals surface area contributed by atoms with Crippen LogP contribution >= 0.6 is 23.2 Å². The van der Waals surface area contributed by atoms with E-state index in [1.807, 2.05) is 42.5 Å². The number of anilines is 1. The summed E-state index contributed by atoms with van der Waals surface area (Å²) in [4.78, 5) is 4.60. The molecule has 0 bridgehead atoms. The van der Waals surface area contributed by atoms with Crippen molar-refractivity contribution in [3.05, 3.63) is 99.0 Å². The van der Waals surface area contributed by atoms with Crippen LogP contribution < -0.4 is 4.90 Å². The summed E-state index contributed by atoms with van der Waals surface area (Å²) in [6.07, 6.45) is 0.486. The Kier molecular flexibility index (Phi) is 8.90. The Hall–Kier alpha value is -2.59. The number of aliphatic hydroxyl groups is 2. The molecule has 0 unspecified atom stereocenters. The minimum absolute atomic E-state index is 0.0324. The molecule has 0 aromatic heterocycles. The minimum Gasteiger partial charge on any atom is -0.393 e. The summed E-state index contributed by atoms with van der Waals surface area (Å²) in [5, 5.41) is 30.9. The molecule has 5 nitrogen and oxygen atoms in total. The Morgan fingerprint density at radius 2 is 1.72 bits per heavy atom. The zero-order valence-corrected chi connectivity index (χ0v) is 21.8. The van der Waals surface area contributed by atoms with Gasteiger partial charge in [0, 0.05) is 31.2 Å². The molecular weight excluding hydrogens is 493 g/mol. The van der Waals surface area contributed by atoms with Gasteiger partial charge in [-0.15, -0.1) is 0 Å². The van der Waals surface area contributed by atoms with Crippen molar-refractivity contribution < 1.29 is 10.2 Å². The summed E-state index contributed by atoms with van der Waals surface area (Å²) >= 11 is 12.9. The number of halogens is 2. The highest BCUT2D eigenvalue weighted by Crippen LogP contribution is 2.36. The first-order chi connectivity index (χ1) is 17.3. The van der Waals surface area contributed by atoms with E-state index in [0.717, 1.165) is 48.4 Å². The predicted octanol–water partition coefficient (Wildman–Crippen LogP) is 5.78. The molecular formula is C29H31Cl2N3O2. The minimum atomic E-state index is -0.646. The van der Waals surface area contributed by atoms with Crippen molar-refractivity contribution in [3.8, 4) is 6.07 Å². The van der Waals surface area contributed by atoms with E-state index >= 15 is 0 Å². The summed E-state index contributed by atoms with van der Waals surface area (Å²) in [6.45, 7) is 4.53. The molecule has 188 valence electrons. The van der Waals surface area contributed by atoms with Crippen LogP contribution in [0, 0.1) is 11.3 Å². The molecule has 0 aliphatic carbocycles. The first-order valence-electron chi connectivity index (χ1n) is 12.2. The normalized spacial score (nSPS) is 18.0. The number of rotatable bonds is 8. The molecule has 1 saturated heterocycles. The highest BCUT2D eigenvalue weighted by molar-refractivity contribution is 6.33. The molecule has 1 fully saturated rings. The molecule has 4 rings (SSSR count). The van der Waals surface area contributed by atoms with Crippen LogP contribution in [0.4, 0.5) is 5.69 Å². The molecule has 3 atom stereocenters. The van der Waals surface area contributed by atoms with Crippen molar-refractivity contribution in [3.63, 3.8) is 0 Å². The lowest BCUT2D eigenvalue weighted by atomic mass is 9.99. The maximum absolute atomic E-state index is 10.9. The lowest BCUT2D eigenvalue weighted by Crippen LogP contribution is -2.49. The third kappa shape index (κ3) is 6.59. The number of aliphatic hydroxyl groups excluding tert-OH is 2. The van der Waals surface area contributed by atoms with E-state index in [2.05, 4.69) is 28.0 Å².